The molecule has 4 rings (SSSR count). The molecule has 0 spiro atoms. The van der Waals surface area contributed by atoms with Gasteiger partial charge in [0, 0.05) is 24.7 Å². The van der Waals surface area contributed by atoms with E-state index in [2.05, 4.69) is 25.9 Å². The molecule has 0 bridgehead atoms. The number of carboxylic acid groups (broad SMARTS) is 1. The van der Waals surface area contributed by atoms with Crippen molar-refractivity contribution < 1.29 is 34.1 Å². The summed E-state index contributed by atoms with van der Waals surface area (Å²) < 4.78 is 5.42. The van der Waals surface area contributed by atoms with E-state index in [0.717, 1.165) is 21.9 Å². The van der Waals surface area contributed by atoms with E-state index >= 15 is 0 Å². The molecular weight excluding hydrogens is 602 g/mol. The lowest BCUT2D eigenvalue weighted by molar-refractivity contribution is -0.140. The van der Waals surface area contributed by atoms with Gasteiger partial charge in [-0.15, -0.1) is 0 Å². The number of amides is 3. The fourth-order valence-electron chi connectivity index (χ4n) is 5.33. The van der Waals surface area contributed by atoms with Crippen molar-refractivity contribution in [1.82, 2.24) is 25.9 Å². The fourth-order valence-corrected chi connectivity index (χ4v) is 5.33. The molecule has 1 aromatic heterocycles. The highest BCUT2D eigenvalue weighted by Gasteiger charge is 2.31. The Labute approximate surface area is 272 Å². The van der Waals surface area contributed by atoms with Gasteiger partial charge >= 0.3 is 12.1 Å². The Balaban J connectivity index is 1.58. The molecule has 0 saturated carbocycles. The molecule has 3 aromatic carbocycles. The second-order valence-electron chi connectivity index (χ2n) is 11.9. The summed E-state index contributed by atoms with van der Waals surface area (Å²) in [5.41, 5.74) is 2.13. The second-order valence-corrected chi connectivity index (χ2v) is 11.9. The third kappa shape index (κ3) is 10.7. The van der Waals surface area contributed by atoms with Crippen molar-refractivity contribution in [3.05, 3.63) is 102 Å². The van der Waals surface area contributed by atoms with Crippen LogP contribution in [0.2, 0.25) is 0 Å². The van der Waals surface area contributed by atoms with Gasteiger partial charge in [-0.1, -0.05) is 86.6 Å². The van der Waals surface area contributed by atoms with E-state index in [-0.39, 0.29) is 25.4 Å². The fraction of sp³-hybridized carbons (Fsp3) is 0.343. The molecule has 2 unspecified atom stereocenters. The number of H-pyrrole nitrogens is 1. The summed E-state index contributed by atoms with van der Waals surface area (Å²) in [5, 5.41) is 29.9. The number of fused-ring (bicyclic) bond motifs is 1. The number of ether oxygens (including phenoxy) is 1. The molecule has 0 saturated heterocycles. The number of aliphatic hydroxyl groups is 1. The molecule has 1 heterocycles. The van der Waals surface area contributed by atoms with E-state index in [1.165, 1.54) is 12.5 Å². The molecule has 12 nitrogen and oxygen atoms in total. The molecule has 12 heteroatoms. The number of aliphatic carboxylic acids is 1. The molecule has 4 aromatic rings. The molecule has 3 amide bonds. The lowest BCUT2D eigenvalue weighted by Crippen LogP contribution is -2.57. The molecule has 0 aliphatic carbocycles. The van der Waals surface area contributed by atoms with Crippen molar-refractivity contribution >= 4 is 34.6 Å². The largest absolute Gasteiger partial charge is 0.481 e. The molecule has 248 valence electrons. The number of nitrogens with one attached hydrogen (secondary N) is 4. The van der Waals surface area contributed by atoms with Gasteiger partial charge in [-0.25, -0.2) is 9.78 Å². The van der Waals surface area contributed by atoms with Crippen molar-refractivity contribution in [2.45, 2.75) is 70.4 Å². The van der Waals surface area contributed by atoms with Crippen LogP contribution in [0, 0.1) is 5.92 Å². The number of benzene rings is 3. The number of nitrogens with zero attached hydrogens (tertiary/aromatic N) is 1. The van der Waals surface area contributed by atoms with Gasteiger partial charge in [0.15, 0.2) is 0 Å². The van der Waals surface area contributed by atoms with Crippen LogP contribution >= 0.6 is 0 Å². The number of carbonyl (C=O) groups excluding carboxylic acids is 3. The first-order valence-corrected chi connectivity index (χ1v) is 15.5. The maximum absolute atomic E-state index is 14.0. The minimum atomic E-state index is -1.34. The van der Waals surface area contributed by atoms with Gasteiger partial charge in [0.2, 0.25) is 11.8 Å². The van der Waals surface area contributed by atoms with Crippen molar-refractivity contribution in [2.75, 3.05) is 0 Å². The summed E-state index contributed by atoms with van der Waals surface area (Å²) in [6.45, 7) is 3.77. The summed E-state index contributed by atoms with van der Waals surface area (Å²) in [6.07, 6.45) is 0.669. The highest BCUT2D eigenvalue weighted by Crippen LogP contribution is 2.20. The Morgan fingerprint density at radius 2 is 1.53 bits per heavy atom. The number of aliphatic hydroxyl groups excluding tert-OH is 1. The Hall–Kier alpha value is -5.23. The Bertz CT molecular complexity index is 1620. The number of aromatic nitrogens is 2. The van der Waals surface area contributed by atoms with E-state index in [0.29, 0.717) is 12.1 Å². The average Bonchev–Trinajstić information content (AvgIpc) is 3.56. The van der Waals surface area contributed by atoms with E-state index < -0.39 is 54.5 Å². The van der Waals surface area contributed by atoms with Crippen LogP contribution in [0.25, 0.3) is 10.8 Å². The predicted octanol–water partition coefficient (Wildman–Crippen LogP) is 3.49. The van der Waals surface area contributed by atoms with Gasteiger partial charge in [-0.05, 0) is 34.2 Å². The molecule has 6 N–H and O–H groups in total. The number of imidazole rings is 1. The van der Waals surface area contributed by atoms with E-state index in [1.54, 1.807) is 0 Å². The van der Waals surface area contributed by atoms with Crippen LogP contribution in [0.1, 0.15) is 43.5 Å². The Kier molecular flexibility index (Phi) is 12.5. The van der Waals surface area contributed by atoms with Crippen molar-refractivity contribution in [3.63, 3.8) is 0 Å². The van der Waals surface area contributed by atoms with Gasteiger partial charge in [0.1, 0.15) is 18.7 Å². The monoisotopic (exact) mass is 643 g/mol. The number of carboxylic acids is 1. The van der Waals surface area contributed by atoms with Crippen LogP contribution in [0.4, 0.5) is 4.79 Å². The average molecular weight is 644 g/mol. The molecule has 0 aliphatic rings. The van der Waals surface area contributed by atoms with E-state index in [9.17, 15) is 29.4 Å². The normalized spacial score (nSPS) is 13.7. The van der Waals surface area contributed by atoms with Crippen molar-refractivity contribution in [3.8, 4) is 0 Å². The van der Waals surface area contributed by atoms with Crippen LogP contribution in [0.15, 0.2) is 85.3 Å². The Morgan fingerprint density at radius 1 is 0.851 bits per heavy atom. The van der Waals surface area contributed by atoms with Crippen molar-refractivity contribution in [1.29, 1.82) is 0 Å². The standard InChI is InChI=1S/C35H41N5O7/c1-22(2)15-28(31(41)18-32(42)43)38-34(45)30(17-26-19-36-21-37-26)39-33(44)29(40-35(46)47-20-23-9-4-3-5-10-23)16-25-13-8-12-24-11-6-7-14-27(24)25/h3-14,19,21-22,28-31,41H,15-18,20H2,1-2H3,(H,36,37)(H,38,45)(H,39,44)(H,40,46)(H,42,43)/t28?,29-,30+,31?/m0/s1. The number of rotatable bonds is 16. The van der Waals surface area contributed by atoms with Crippen LogP contribution in [-0.4, -0.2) is 68.3 Å². The van der Waals surface area contributed by atoms with Gasteiger partial charge in [0.05, 0.1) is 24.9 Å². The summed E-state index contributed by atoms with van der Waals surface area (Å²) in [4.78, 5) is 58.9. The minimum absolute atomic E-state index is 0.00392. The zero-order valence-electron chi connectivity index (χ0n) is 26.4. The lowest BCUT2D eigenvalue weighted by Gasteiger charge is -2.28. The summed E-state index contributed by atoms with van der Waals surface area (Å²) >= 11 is 0. The number of hydrogen-bond acceptors (Lipinski definition) is 7. The SMILES string of the molecule is CC(C)CC(NC(=O)[C@@H](Cc1cnc[nH]1)NC(=O)[C@H](Cc1cccc2ccccc12)NC(=O)OCc1ccccc1)C(O)CC(=O)O. The zero-order valence-corrected chi connectivity index (χ0v) is 26.4. The summed E-state index contributed by atoms with van der Waals surface area (Å²) in [7, 11) is 0. The second kappa shape index (κ2) is 16.9. The first-order chi connectivity index (χ1) is 22.6. The minimum Gasteiger partial charge on any atom is -0.481 e. The van der Waals surface area contributed by atoms with Crippen molar-refractivity contribution in [2.24, 2.45) is 5.92 Å². The molecule has 0 aliphatic heterocycles. The van der Waals surface area contributed by atoms with Crippen LogP contribution in [0.5, 0.6) is 0 Å². The first-order valence-electron chi connectivity index (χ1n) is 15.5. The highest BCUT2D eigenvalue weighted by molar-refractivity contribution is 5.93. The maximum atomic E-state index is 14.0. The molecule has 0 fully saturated rings. The smallest absolute Gasteiger partial charge is 0.408 e. The van der Waals surface area contributed by atoms with Crippen LogP contribution in [-0.2, 0) is 38.6 Å². The number of alkyl carbamates (subject to hydrolysis) is 1. The van der Waals surface area contributed by atoms with Gasteiger partial charge in [-0.2, -0.15) is 0 Å². The van der Waals surface area contributed by atoms with Gasteiger partial charge in [-0.3, -0.25) is 14.4 Å². The third-order valence-corrected chi connectivity index (χ3v) is 7.64. The van der Waals surface area contributed by atoms with Gasteiger partial charge in [0.25, 0.3) is 0 Å². The molecular formula is C35H41N5O7. The molecule has 0 radical (unpaired) electrons. The number of hydrogen-bond donors (Lipinski definition) is 6. The van der Waals surface area contributed by atoms with Gasteiger partial charge < -0.3 is 35.9 Å². The van der Waals surface area contributed by atoms with Crippen LogP contribution < -0.4 is 16.0 Å². The first kappa shape index (κ1) is 34.6. The third-order valence-electron chi connectivity index (χ3n) is 7.64. The quantitative estimate of drug-likeness (QED) is 0.107. The zero-order chi connectivity index (χ0) is 33.8. The number of carbonyl (C=O) groups is 4. The molecule has 47 heavy (non-hydrogen) atoms. The van der Waals surface area contributed by atoms with E-state index in [1.807, 2.05) is 86.6 Å². The molecule has 4 atom stereocenters. The topological polar surface area (TPSA) is 183 Å². The van der Waals surface area contributed by atoms with Crippen LogP contribution in [0.3, 0.4) is 0 Å². The summed E-state index contributed by atoms with van der Waals surface area (Å²) in [5.74, 6) is -2.44. The predicted molar refractivity (Wildman–Crippen MR) is 175 cm³/mol. The Morgan fingerprint density at radius 3 is 2.23 bits per heavy atom. The highest BCUT2D eigenvalue weighted by atomic mass is 16.5. The summed E-state index contributed by atoms with van der Waals surface area (Å²) in [6, 6.07) is 19.3. The maximum Gasteiger partial charge on any atom is 0.408 e. The number of aromatic amines is 1. The van der Waals surface area contributed by atoms with E-state index in [4.69, 9.17) is 4.74 Å². The lowest BCUT2D eigenvalue weighted by atomic mass is 9.96.